The van der Waals surface area contributed by atoms with Crippen LogP contribution in [0.25, 0.3) is 22.1 Å². The molecule has 0 saturated carbocycles. The molecule has 1 aromatic carbocycles. The molecule has 0 spiro atoms. The molecule has 0 atom stereocenters. The minimum Gasteiger partial charge on any atom is -0.438 e. The van der Waals surface area contributed by atoms with Crippen molar-refractivity contribution >= 4 is 27.8 Å². The molecule has 2 aromatic heterocycles. The zero-order valence-corrected chi connectivity index (χ0v) is 10.3. The quantitative estimate of drug-likeness (QED) is 0.643. The molecule has 0 amide bonds. The van der Waals surface area contributed by atoms with Crippen molar-refractivity contribution in [1.82, 2.24) is 4.98 Å². The van der Waals surface area contributed by atoms with Crippen molar-refractivity contribution in [3.8, 4) is 0 Å². The Bertz CT molecular complexity index is 738. The first kappa shape index (κ1) is 11.0. The van der Waals surface area contributed by atoms with Gasteiger partial charge in [0.1, 0.15) is 5.58 Å². The predicted molar refractivity (Wildman–Crippen MR) is 71.2 cm³/mol. The zero-order chi connectivity index (χ0) is 12.9. The second-order valence-corrected chi connectivity index (χ2v) is 4.95. The van der Waals surface area contributed by atoms with Gasteiger partial charge in [-0.2, -0.15) is 0 Å². The molecule has 4 nitrogen and oxygen atoms in total. The Morgan fingerprint density at radius 1 is 1.28 bits per heavy atom. The molecule has 3 aromatic rings. The topological polar surface area (TPSA) is 72.3 Å². The van der Waals surface area contributed by atoms with Crippen LogP contribution < -0.4 is 5.73 Å². The minimum atomic E-state index is -0.995. The molecule has 92 valence electrons. The summed E-state index contributed by atoms with van der Waals surface area (Å²) in [5.74, 6) is 0. The van der Waals surface area contributed by atoms with Gasteiger partial charge in [0.15, 0.2) is 0 Å². The van der Waals surface area contributed by atoms with Crippen LogP contribution in [-0.2, 0) is 5.60 Å². The number of hydrogen-bond acceptors (Lipinski definition) is 4. The predicted octanol–water partition coefficient (Wildman–Crippen LogP) is 2.79. The first-order valence-corrected chi connectivity index (χ1v) is 5.76. The number of fused-ring (bicyclic) bond motifs is 3. The van der Waals surface area contributed by atoms with E-state index in [1.165, 1.54) is 0 Å². The minimum absolute atomic E-state index is 0.557. The first-order chi connectivity index (χ1) is 8.47. The summed E-state index contributed by atoms with van der Waals surface area (Å²) >= 11 is 0. The first-order valence-electron chi connectivity index (χ1n) is 5.76. The third-order valence-corrected chi connectivity index (χ3v) is 3.08. The number of nitrogens with two attached hydrogens (primary N) is 1. The van der Waals surface area contributed by atoms with Crippen molar-refractivity contribution in [3.63, 3.8) is 0 Å². The van der Waals surface area contributed by atoms with E-state index < -0.39 is 5.60 Å². The van der Waals surface area contributed by atoms with E-state index >= 15 is 0 Å². The highest BCUT2D eigenvalue weighted by molar-refractivity contribution is 6.05. The van der Waals surface area contributed by atoms with Crippen LogP contribution in [0.3, 0.4) is 0 Å². The molecule has 4 heteroatoms. The SMILES string of the molecule is CC(C)(O)c1cc2oc3ncccc3c2cc1N. The summed E-state index contributed by atoms with van der Waals surface area (Å²) in [4.78, 5) is 4.17. The van der Waals surface area contributed by atoms with Gasteiger partial charge in [-0.1, -0.05) is 0 Å². The van der Waals surface area contributed by atoms with E-state index in [9.17, 15) is 5.11 Å². The highest BCUT2D eigenvalue weighted by Gasteiger charge is 2.21. The van der Waals surface area contributed by atoms with Gasteiger partial charge in [-0.05, 0) is 38.1 Å². The fraction of sp³-hybridized carbons (Fsp3) is 0.214. The van der Waals surface area contributed by atoms with Crippen LogP contribution in [0.2, 0.25) is 0 Å². The molecular formula is C14H14N2O2. The van der Waals surface area contributed by atoms with Crippen molar-refractivity contribution in [2.24, 2.45) is 0 Å². The summed E-state index contributed by atoms with van der Waals surface area (Å²) < 4.78 is 5.67. The normalized spacial score (nSPS) is 12.4. The average Bonchev–Trinajstić information content (AvgIpc) is 2.65. The third-order valence-electron chi connectivity index (χ3n) is 3.08. The van der Waals surface area contributed by atoms with E-state index in [-0.39, 0.29) is 0 Å². The van der Waals surface area contributed by atoms with E-state index in [1.54, 1.807) is 26.1 Å². The fourth-order valence-electron chi connectivity index (χ4n) is 2.20. The lowest BCUT2D eigenvalue weighted by atomic mass is 9.95. The van der Waals surface area contributed by atoms with E-state index in [2.05, 4.69) is 4.98 Å². The van der Waals surface area contributed by atoms with Gasteiger partial charge in [0.05, 0.1) is 5.60 Å². The van der Waals surface area contributed by atoms with E-state index in [1.807, 2.05) is 18.2 Å². The molecule has 0 aliphatic carbocycles. The maximum Gasteiger partial charge on any atom is 0.227 e. The molecule has 0 unspecified atom stereocenters. The molecule has 0 radical (unpaired) electrons. The smallest absolute Gasteiger partial charge is 0.227 e. The molecule has 2 heterocycles. The Morgan fingerprint density at radius 3 is 2.78 bits per heavy atom. The summed E-state index contributed by atoms with van der Waals surface area (Å²) in [6.07, 6.45) is 1.69. The summed E-state index contributed by atoms with van der Waals surface area (Å²) in [5.41, 5.74) is 7.50. The van der Waals surface area contributed by atoms with Crippen LogP contribution in [0.4, 0.5) is 5.69 Å². The van der Waals surface area contributed by atoms with Gasteiger partial charge in [0.2, 0.25) is 5.71 Å². The lowest BCUT2D eigenvalue weighted by Gasteiger charge is -2.19. The maximum absolute atomic E-state index is 10.1. The number of nitrogens with zero attached hydrogens (tertiary/aromatic N) is 1. The molecule has 0 aliphatic heterocycles. The number of nitrogen functional groups attached to an aromatic ring is 1. The summed E-state index contributed by atoms with van der Waals surface area (Å²) in [6, 6.07) is 7.41. The Hall–Kier alpha value is -2.07. The van der Waals surface area contributed by atoms with Crippen LogP contribution in [0.15, 0.2) is 34.9 Å². The Labute approximate surface area is 104 Å². The van der Waals surface area contributed by atoms with Gasteiger partial charge in [0.25, 0.3) is 0 Å². The maximum atomic E-state index is 10.1. The number of furan rings is 1. The lowest BCUT2D eigenvalue weighted by molar-refractivity contribution is 0.0794. The van der Waals surface area contributed by atoms with Crippen molar-refractivity contribution in [3.05, 3.63) is 36.0 Å². The molecule has 0 aliphatic rings. The molecule has 18 heavy (non-hydrogen) atoms. The van der Waals surface area contributed by atoms with Crippen LogP contribution in [0.5, 0.6) is 0 Å². The van der Waals surface area contributed by atoms with Crippen LogP contribution >= 0.6 is 0 Å². The van der Waals surface area contributed by atoms with Crippen LogP contribution in [-0.4, -0.2) is 10.1 Å². The highest BCUT2D eigenvalue weighted by atomic mass is 16.3. The highest BCUT2D eigenvalue weighted by Crippen LogP contribution is 2.34. The number of rotatable bonds is 1. The number of hydrogen-bond donors (Lipinski definition) is 2. The average molecular weight is 242 g/mol. The number of aliphatic hydroxyl groups is 1. The van der Waals surface area contributed by atoms with Crippen LogP contribution in [0, 0.1) is 0 Å². The van der Waals surface area contributed by atoms with E-state index in [0.29, 0.717) is 22.5 Å². The van der Waals surface area contributed by atoms with Gasteiger partial charge in [-0.3, -0.25) is 0 Å². The van der Waals surface area contributed by atoms with Gasteiger partial charge in [-0.15, -0.1) is 0 Å². The summed E-state index contributed by atoms with van der Waals surface area (Å²) in [6.45, 7) is 3.40. The molecule has 0 saturated heterocycles. The Kier molecular flexibility index (Phi) is 2.12. The van der Waals surface area contributed by atoms with Crippen molar-refractivity contribution < 1.29 is 9.52 Å². The van der Waals surface area contributed by atoms with Gasteiger partial charge in [-0.25, -0.2) is 4.98 Å². The van der Waals surface area contributed by atoms with Gasteiger partial charge >= 0.3 is 0 Å². The zero-order valence-electron chi connectivity index (χ0n) is 10.3. The van der Waals surface area contributed by atoms with Gasteiger partial charge < -0.3 is 15.3 Å². The molecule has 0 fully saturated rings. The molecule has 3 rings (SSSR count). The number of pyridine rings is 1. The monoisotopic (exact) mass is 242 g/mol. The summed E-state index contributed by atoms with van der Waals surface area (Å²) in [5, 5.41) is 11.9. The summed E-state index contributed by atoms with van der Waals surface area (Å²) in [7, 11) is 0. The van der Waals surface area contributed by atoms with Crippen molar-refractivity contribution in [2.75, 3.05) is 5.73 Å². The second kappa shape index (κ2) is 3.46. The largest absolute Gasteiger partial charge is 0.438 e. The number of anilines is 1. The Morgan fingerprint density at radius 2 is 2.06 bits per heavy atom. The van der Waals surface area contributed by atoms with Crippen LogP contribution in [0.1, 0.15) is 19.4 Å². The molecule has 0 bridgehead atoms. The molecule has 3 N–H and O–H groups in total. The number of benzene rings is 1. The molecular weight excluding hydrogens is 228 g/mol. The van der Waals surface area contributed by atoms with E-state index in [4.69, 9.17) is 10.2 Å². The van der Waals surface area contributed by atoms with Crippen molar-refractivity contribution in [2.45, 2.75) is 19.4 Å². The Balaban J connectivity index is 2.40. The lowest BCUT2D eigenvalue weighted by Crippen LogP contribution is -2.17. The fourth-order valence-corrected chi connectivity index (χ4v) is 2.20. The number of aromatic nitrogens is 1. The third kappa shape index (κ3) is 1.54. The van der Waals surface area contributed by atoms with Crippen molar-refractivity contribution in [1.29, 1.82) is 0 Å². The standard InChI is InChI=1S/C14H14N2O2/c1-14(2,17)10-7-12-9(6-11(10)15)8-4-3-5-16-13(8)18-12/h3-7,17H,15H2,1-2H3. The van der Waals surface area contributed by atoms with Gasteiger partial charge in [0, 0.05) is 28.2 Å². The van der Waals surface area contributed by atoms with E-state index in [0.717, 1.165) is 10.8 Å². The second-order valence-electron chi connectivity index (χ2n) is 4.95.